The zero-order chi connectivity index (χ0) is 15.4. The van der Waals surface area contributed by atoms with Gasteiger partial charge in [0.2, 0.25) is 5.91 Å². The Morgan fingerprint density at radius 1 is 1.27 bits per heavy atom. The fraction of sp³-hybridized carbons (Fsp3) is 0.188. The maximum atomic E-state index is 11.9. The van der Waals surface area contributed by atoms with Gasteiger partial charge in [-0.3, -0.25) is 4.79 Å². The highest BCUT2D eigenvalue weighted by molar-refractivity contribution is 7.99. The van der Waals surface area contributed by atoms with Gasteiger partial charge in [-0.25, -0.2) is 9.97 Å². The van der Waals surface area contributed by atoms with E-state index in [0.717, 1.165) is 21.8 Å². The first-order chi connectivity index (χ1) is 10.7. The van der Waals surface area contributed by atoms with Crippen molar-refractivity contribution < 1.29 is 4.79 Å². The van der Waals surface area contributed by atoms with Crippen LogP contribution in [0.4, 0.5) is 5.82 Å². The molecule has 1 aromatic carbocycles. The van der Waals surface area contributed by atoms with Crippen molar-refractivity contribution in [2.75, 3.05) is 11.1 Å². The van der Waals surface area contributed by atoms with Gasteiger partial charge in [-0.1, -0.05) is 30.0 Å². The zero-order valence-corrected chi connectivity index (χ0v) is 13.0. The third-order valence-corrected chi connectivity index (χ3v) is 4.08. The van der Waals surface area contributed by atoms with Gasteiger partial charge in [-0.05, 0) is 30.7 Å². The summed E-state index contributed by atoms with van der Waals surface area (Å²) in [6.07, 6.45) is 2.09. The van der Waals surface area contributed by atoms with Gasteiger partial charge in [-0.2, -0.15) is 0 Å². The van der Waals surface area contributed by atoms with E-state index in [9.17, 15) is 4.79 Å². The third kappa shape index (κ3) is 3.46. The van der Waals surface area contributed by atoms with Gasteiger partial charge in [0.15, 0.2) is 5.16 Å². The number of amides is 1. The van der Waals surface area contributed by atoms with E-state index in [2.05, 4.69) is 20.3 Å². The summed E-state index contributed by atoms with van der Waals surface area (Å²) < 4.78 is 0. The lowest BCUT2D eigenvalue weighted by atomic mass is 10.3. The van der Waals surface area contributed by atoms with Crippen LogP contribution in [0.15, 0.2) is 47.8 Å². The van der Waals surface area contributed by atoms with E-state index < -0.39 is 0 Å². The Balaban J connectivity index is 1.52. The molecule has 5 nitrogen and oxygen atoms in total. The fourth-order valence-corrected chi connectivity index (χ4v) is 2.88. The van der Waals surface area contributed by atoms with Crippen LogP contribution in [0.1, 0.15) is 12.0 Å². The third-order valence-electron chi connectivity index (χ3n) is 3.20. The topological polar surface area (TPSA) is 70.7 Å². The molecule has 0 aliphatic rings. The lowest BCUT2D eigenvalue weighted by molar-refractivity contribution is -0.115. The SMILES string of the molecule is Cc1cccnc1NC(=O)CCSc1nc2ccccc2[nH]1. The first kappa shape index (κ1) is 14.6. The summed E-state index contributed by atoms with van der Waals surface area (Å²) >= 11 is 1.54. The monoisotopic (exact) mass is 312 g/mol. The van der Waals surface area contributed by atoms with Crippen LogP contribution in [-0.4, -0.2) is 26.6 Å². The molecule has 0 unspecified atom stereocenters. The molecule has 0 bridgehead atoms. The highest BCUT2D eigenvalue weighted by Crippen LogP contribution is 2.20. The van der Waals surface area contributed by atoms with E-state index in [1.54, 1.807) is 18.0 Å². The molecule has 2 heterocycles. The molecular weight excluding hydrogens is 296 g/mol. The molecule has 0 spiro atoms. The number of carbonyl (C=O) groups is 1. The second kappa shape index (κ2) is 6.62. The maximum absolute atomic E-state index is 11.9. The first-order valence-corrected chi connectivity index (χ1v) is 8.00. The molecule has 3 rings (SSSR count). The number of aryl methyl sites for hydroxylation is 1. The van der Waals surface area contributed by atoms with Crippen LogP contribution in [0.2, 0.25) is 0 Å². The highest BCUT2D eigenvalue weighted by atomic mass is 32.2. The van der Waals surface area contributed by atoms with Gasteiger partial charge in [0, 0.05) is 18.4 Å². The van der Waals surface area contributed by atoms with Crippen molar-refractivity contribution in [3.05, 3.63) is 48.2 Å². The van der Waals surface area contributed by atoms with Crippen LogP contribution in [0.5, 0.6) is 0 Å². The number of H-pyrrole nitrogens is 1. The van der Waals surface area contributed by atoms with Crippen molar-refractivity contribution in [1.29, 1.82) is 0 Å². The van der Waals surface area contributed by atoms with Gasteiger partial charge in [0.1, 0.15) is 5.82 Å². The lowest BCUT2D eigenvalue weighted by Gasteiger charge is -2.06. The molecule has 1 amide bonds. The largest absolute Gasteiger partial charge is 0.333 e. The Labute approximate surface area is 132 Å². The van der Waals surface area contributed by atoms with Crippen molar-refractivity contribution >= 4 is 34.5 Å². The van der Waals surface area contributed by atoms with Crippen molar-refractivity contribution in [3.63, 3.8) is 0 Å². The number of para-hydroxylation sites is 2. The number of pyridine rings is 1. The van der Waals surface area contributed by atoms with E-state index in [-0.39, 0.29) is 5.91 Å². The standard InChI is InChI=1S/C16H16N4OS/c1-11-5-4-9-17-15(11)20-14(21)8-10-22-16-18-12-6-2-3-7-13(12)19-16/h2-7,9H,8,10H2,1H3,(H,18,19)(H,17,20,21). The summed E-state index contributed by atoms with van der Waals surface area (Å²) in [6, 6.07) is 11.7. The van der Waals surface area contributed by atoms with Gasteiger partial charge in [-0.15, -0.1) is 0 Å². The quantitative estimate of drug-likeness (QED) is 0.708. The molecule has 2 aromatic heterocycles. The fourth-order valence-electron chi connectivity index (χ4n) is 2.05. The molecule has 112 valence electrons. The Kier molecular flexibility index (Phi) is 4.39. The van der Waals surface area contributed by atoms with Crippen LogP contribution < -0.4 is 5.32 Å². The smallest absolute Gasteiger partial charge is 0.226 e. The number of rotatable bonds is 5. The molecule has 0 fully saturated rings. The summed E-state index contributed by atoms with van der Waals surface area (Å²) in [5.74, 6) is 1.25. The van der Waals surface area contributed by atoms with E-state index >= 15 is 0 Å². The normalized spacial score (nSPS) is 10.8. The minimum absolute atomic E-state index is 0.0367. The van der Waals surface area contributed by atoms with Crippen molar-refractivity contribution in [2.45, 2.75) is 18.5 Å². The number of carbonyl (C=O) groups excluding carboxylic acids is 1. The van der Waals surface area contributed by atoms with E-state index in [4.69, 9.17) is 0 Å². The molecular formula is C16H16N4OS. The van der Waals surface area contributed by atoms with Crippen LogP contribution in [0.25, 0.3) is 11.0 Å². The van der Waals surface area contributed by atoms with Crippen molar-refractivity contribution in [2.24, 2.45) is 0 Å². The minimum atomic E-state index is -0.0367. The number of hydrogen-bond donors (Lipinski definition) is 2. The Morgan fingerprint density at radius 2 is 2.14 bits per heavy atom. The molecule has 0 atom stereocenters. The Bertz CT molecular complexity index is 766. The number of fused-ring (bicyclic) bond motifs is 1. The number of benzene rings is 1. The number of thioether (sulfide) groups is 1. The molecule has 3 aromatic rings. The molecule has 0 saturated heterocycles. The van der Waals surface area contributed by atoms with Crippen LogP contribution in [-0.2, 0) is 4.79 Å². The zero-order valence-electron chi connectivity index (χ0n) is 12.2. The van der Waals surface area contributed by atoms with E-state index in [1.807, 2.05) is 43.3 Å². The van der Waals surface area contributed by atoms with Gasteiger partial charge in [0.25, 0.3) is 0 Å². The summed E-state index contributed by atoms with van der Waals surface area (Å²) in [5.41, 5.74) is 2.91. The van der Waals surface area contributed by atoms with E-state index in [1.165, 1.54) is 0 Å². The van der Waals surface area contributed by atoms with Crippen LogP contribution in [0, 0.1) is 6.92 Å². The summed E-state index contributed by atoms with van der Waals surface area (Å²) in [5, 5.41) is 3.67. The van der Waals surface area contributed by atoms with Crippen molar-refractivity contribution in [3.8, 4) is 0 Å². The van der Waals surface area contributed by atoms with Crippen molar-refractivity contribution in [1.82, 2.24) is 15.0 Å². The molecule has 0 aliphatic heterocycles. The first-order valence-electron chi connectivity index (χ1n) is 7.01. The molecule has 0 aliphatic carbocycles. The molecule has 6 heteroatoms. The molecule has 2 N–H and O–H groups in total. The highest BCUT2D eigenvalue weighted by Gasteiger charge is 2.07. The number of nitrogens with one attached hydrogen (secondary N) is 2. The molecule has 0 radical (unpaired) electrons. The van der Waals surface area contributed by atoms with Gasteiger partial charge >= 0.3 is 0 Å². The second-order valence-electron chi connectivity index (χ2n) is 4.87. The average molecular weight is 312 g/mol. The van der Waals surface area contributed by atoms with Crippen LogP contribution >= 0.6 is 11.8 Å². The Morgan fingerprint density at radius 3 is 2.95 bits per heavy atom. The number of anilines is 1. The molecule has 0 saturated carbocycles. The van der Waals surface area contributed by atoms with E-state index in [0.29, 0.717) is 18.0 Å². The number of imidazole rings is 1. The number of hydrogen-bond acceptors (Lipinski definition) is 4. The van der Waals surface area contributed by atoms with Gasteiger partial charge in [0.05, 0.1) is 11.0 Å². The predicted molar refractivity (Wildman–Crippen MR) is 89.0 cm³/mol. The maximum Gasteiger partial charge on any atom is 0.226 e. The van der Waals surface area contributed by atoms with Crippen LogP contribution in [0.3, 0.4) is 0 Å². The molecule has 22 heavy (non-hydrogen) atoms. The summed E-state index contributed by atoms with van der Waals surface area (Å²) in [6.45, 7) is 1.92. The Hall–Kier alpha value is -2.34. The number of aromatic amines is 1. The number of aromatic nitrogens is 3. The predicted octanol–water partition coefficient (Wildman–Crippen LogP) is 3.39. The minimum Gasteiger partial charge on any atom is -0.333 e. The average Bonchev–Trinajstić information content (AvgIpc) is 2.92. The van der Waals surface area contributed by atoms with Gasteiger partial charge < -0.3 is 10.3 Å². The number of nitrogens with zero attached hydrogens (tertiary/aromatic N) is 2. The second-order valence-corrected chi connectivity index (χ2v) is 5.96. The summed E-state index contributed by atoms with van der Waals surface area (Å²) in [7, 11) is 0. The summed E-state index contributed by atoms with van der Waals surface area (Å²) in [4.78, 5) is 23.8. The lowest BCUT2D eigenvalue weighted by Crippen LogP contribution is -2.14.